The Morgan fingerprint density at radius 2 is 1.86 bits per heavy atom. The van der Waals surface area contributed by atoms with Crippen molar-refractivity contribution in [3.05, 3.63) is 35.7 Å². The number of hydrogen-bond donors (Lipinski definition) is 3. The number of carbonyl (C=O) groups excluding carboxylic acids is 1. The third kappa shape index (κ3) is 6.15. The summed E-state index contributed by atoms with van der Waals surface area (Å²) < 4.78 is 36.5. The van der Waals surface area contributed by atoms with Gasteiger partial charge in [0.25, 0.3) is 0 Å². The second-order valence-corrected chi connectivity index (χ2v) is 4.43. The maximum absolute atomic E-state index is 11.8. The first-order valence-corrected chi connectivity index (χ1v) is 6.19. The summed E-state index contributed by atoms with van der Waals surface area (Å²) >= 11 is 0. The molecule has 3 N–H and O–H groups in total. The second kappa shape index (κ2) is 6.96. The Hall–Kier alpha value is -2.25. The molecule has 0 bridgehead atoms. The smallest absolute Gasteiger partial charge is 0.383 e. The van der Waals surface area contributed by atoms with Crippen LogP contribution in [0.1, 0.15) is 11.4 Å². The number of pyridine rings is 1. The minimum Gasteiger partial charge on any atom is -0.383 e. The number of alkyl halides is 3. The fraction of sp³-hybridized carbons (Fsp3) is 0.385. The van der Waals surface area contributed by atoms with Gasteiger partial charge in [0.05, 0.1) is 0 Å². The summed E-state index contributed by atoms with van der Waals surface area (Å²) in [5, 5.41) is 14.9. The lowest BCUT2D eigenvalue weighted by atomic mass is 10.3. The molecule has 0 atom stereocenters. The van der Waals surface area contributed by atoms with Crippen LogP contribution in [0.5, 0.6) is 0 Å². The highest BCUT2D eigenvalue weighted by atomic mass is 19.4. The monoisotopic (exact) mass is 304 g/mol. The van der Waals surface area contributed by atoms with Crippen LogP contribution in [0.25, 0.3) is 0 Å². The van der Waals surface area contributed by atoms with E-state index in [9.17, 15) is 23.2 Å². The van der Waals surface area contributed by atoms with Crippen LogP contribution in [-0.4, -0.2) is 30.4 Å². The van der Waals surface area contributed by atoms with Crippen molar-refractivity contribution in [1.82, 2.24) is 5.32 Å². The zero-order valence-electron chi connectivity index (χ0n) is 11.7. The van der Waals surface area contributed by atoms with Crippen molar-refractivity contribution in [2.75, 3.05) is 18.4 Å². The Kier molecular flexibility index (Phi) is 5.57. The summed E-state index contributed by atoms with van der Waals surface area (Å²) in [4.78, 5) is 11.1. The maximum atomic E-state index is 11.8. The van der Waals surface area contributed by atoms with E-state index in [4.69, 9.17) is 0 Å². The van der Waals surface area contributed by atoms with E-state index in [1.807, 2.05) is 0 Å². The molecule has 1 rings (SSSR count). The molecule has 1 heterocycles. The van der Waals surface area contributed by atoms with E-state index in [0.29, 0.717) is 24.0 Å². The van der Waals surface area contributed by atoms with Gasteiger partial charge in [0.15, 0.2) is 0 Å². The van der Waals surface area contributed by atoms with Gasteiger partial charge in [0, 0.05) is 61.6 Å². The molecule has 5 nitrogen and oxygen atoms in total. The molecule has 116 valence electrons. The lowest BCUT2D eigenvalue weighted by Crippen LogP contribution is -2.37. The van der Waals surface area contributed by atoms with Crippen LogP contribution in [-0.2, 0) is 4.79 Å². The van der Waals surface area contributed by atoms with Crippen LogP contribution in [0.4, 0.5) is 18.9 Å². The highest BCUT2D eigenvalue weighted by molar-refractivity contribution is 5.87. The zero-order chi connectivity index (χ0) is 16.0. The molecule has 0 aromatic carbocycles. The van der Waals surface area contributed by atoms with E-state index in [2.05, 4.69) is 10.6 Å². The average molecular weight is 304 g/mol. The van der Waals surface area contributed by atoms with Gasteiger partial charge in [0.2, 0.25) is 17.3 Å². The first-order valence-electron chi connectivity index (χ1n) is 6.19. The summed E-state index contributed by atoms with van der Waals surface area (Å²) in [5.41, 5.74) is 2.01. The fourth-order valence-electron chi connectivity index (χ4n) is 1.62. The first kappa shape index (κ1) is 16.8. The minimum atomic E-state index is -4.49. The topological polar surface area (TPSA) is 65.2 Å². The van der Waals surface area contributed by atoms with Gasteiger partial charge < -0.3 is 10.6 Å². The number of aryl methyl sites for hydroxylation is 2. The van der Waals surface area contributed by atoms with E-state index >= 15 is 0 Å². The Balaban J connectivity index is 2.38. The van der Waals surface area contributed by atoms with Gasteiger partial charge in [-0.2, -0.15) is 13.2 Å². The molecular weight excluding hydrogens is 287 g/mol. The number of hydrogen-bond acceptors (Lipinski definition) is 3. The van der Waals surface area contributed by atoms with Gasteiger partial charge in [-0.3, -0.25) is 10.0 Å². The number of aromatic nitrogens is 1. The number of amides is 1. The molecule has 0 aliphatic heterocycles. The molecule has 0 radical (unpaired) electrons. The predicted octanol–water partition coefficient (Wildman–Crippen LogP) is 1.47. The fourth-order valence-corrected chi connectivity index (χ4v) is 1.62. The van der Waals surface area contributed by atoms with E-state index in [1.54, 1.807) is 26.0 Å². The summed E-state index contributed by atoms with van der Waals surface area (Å²) in [5.74, 6) is -0.803. The third-order valence-corrected chi connectivity index (χ3v) is 2.57. The van der Waals surface area contributed by atoms with E-state index in [1.165, 1.54) is 0 Å². The minimum absolute atomic E-state index is 0.111. The van der Waals surface area contributed by atoms with Crippen LogP contribution in [0, 0.1) is 13.8 Å². The van der Waals surface area contributed by atoms with Crippen molar-refractivity contribution in [2.24, 2.45) is 0 Å². The molecule has 0 saturated heterocycles. The summed E-state index contributed by atoms with van der Waals surface area (Å²) in [6, 6.07) is 3.41. The molecule has 0 aliphatic rings. The lowest BCUT2D eigenvalue weighted by molar-refractivity contribution is -0.912. The van der Waals surface area contributed by atoms with Gasteiger partial charge in [-0.1, -0.05) is 0 Å². The van der Waals surface area contributed by atoms with Crippen LogP contribution < -0.4 is 15.4 Å². The van der Waals surface area contributed by atoms with Crippen LogP contribution in [0.3, 0.4) is 0 Å². The molecule has 0 fully saturated rings. The quantitative estimate of drug-likeness (QED) is 0.334. The summed E-state index contributed by atoms with van der Waals surface area (Å²) in [6.07, 6.45) is -4.15. The number of allylic oxidation sites excluding steroid dienone is 1. The Morgan fingerprint density at radius 1 is 1.29 bits per heavy atom. The molecule has 0 saturated carbocycles. The van der Waals surface area contributed by atoms with E-state index < -0.39 is 12.1 Å². The van der Waals surface area contributed by atoms with Crippen molar-refractivity contribution in [2.45, 2.75) is 20.0 Å². The molecule has 0 unspecified atom stereocenters. The number of nitrogens with one attached hydrogen (secondary N) is 2. The van der Waals surface area contributed by atoms with Gasteiger partial charge >= 0.3 is 6.18 Å². The lowest BCUT2D eigenvalue weighted by Gasteiger charge is -2.07. The van der Waals surface area contributed by atoms with Crippen molar-refractivity contribution >= 4 is 11.6 Å². The van der Waals surface area contributed by atoms with Gasteiger partial charge in [-0.05, 0) is 0 Å². The van der Waals surface area contributed by atoms with Crippen LogP contribution in [0.2, 0.25) is 0 Å². The number of halogens is 3. The summed E-state index contributed by atoms with van der Waals surface area (Å²) in [7, 11) is 0. The van der Waals surface area contributed by atoms with Crippen molar-refractivity contribution in [1.29, 1.82) is 0 Å². The zero-order valence-corrected chi connectivity index (χ0v) is 11.7. The predicted molar refractivity (Wildman–Crippen MR) is 70.0 cm³/mol. The Bertz CT molecular complexity index is 519. The summed E-state index contributed by atoms with van der Waals surface area (Å²) in [6.45, 7) is 3.97. The maximum Gasteiger partial charge on any atom is 0.409 e. The molecule has 0 aliphatic carbocycles. The van der Waals surface area contributed by atoms with Crippen molar-refractivity contribution < 1.29 is 27.9 Å². The standard InChI is InChI=1S/C13H16F3N3O2/c1-9-7-11(8-10(2)19(9)21)17-5-6-18-12(20)3-4-13(14,15)16/h3-4,7-8,21H,5-6H2,1-2H3,(H,18,20)/p+1. The largest absolute Gasteiger partial charge is 0.409 e. The van der Waals surface area contributed by atoms with Crippen molar-refractivity contribution in [3.8, 4) is 0 Å². The molecule has 21 heavy (non-hydrogen) atoms. The third-order valence-electron chi connectivity index (χ3n) is 2.57. The Labute approximate surface area is 120 Å². The SMILES string of the molecule is Cc1cc(NCCNC(=O)C=CC(F)(F)F)cc(C)[n+]1O. The normalized spacial score (nSPS) is 11.7. The molecule has 1 aromatic rings. The molecule has 1 amide bonds. The van der Waals surface area contributed by atoms with Gasteiger partial charge in [-0.15, -0.1) is 0 Å². The highest BCUT2D eigenvalue weighted by Gasteiger charge is 2.22. The Morgan fingerprint density at radius 3 is 2.38 bits per heavy atom. The average Bonchev–Trinajstić information content (AvgIpc) is 2.37. The molecule has 8 heteroatoms. The molecule has 1 aromatic heterocycles. The number of nitrogens with zero attached hydrogens (tertiary/aromatic N) is 1. The molecule has 0 spiro atoms. The van der Waals surface area contributed by atoms with Crippen LogP contribution in [0.15, 0.2) is 24.3 Å². The van der Waals surface area contributed by atoms with Crippen LogP contribution >= 0.6 is 0 Å². The number of rotatable bonds is 5. The number of carbonyl (C=O) groups is 1. The first-order chi connectivity index (χ1) is 9.69. The van der Waals surface area contributed by atoms with Gasteiger partial charge in [0.1, 0.15) is 0 Å². The van der Waals surface area contributed by atoms with E-state index in [-0.39, 0.29) is 12.6 Å². The highest BCUT2D eigenvalue weighted by Crippen LogP contribution is 2.15. The van der Waals surface area contributed by atoms with Crippen molar-refractivity contribution in [3.63, 3.8) is 0 Å². The number of anilines is 1. The second-order valence-electron chi connectivity index (χ2n) is 4.43. The van der Waals surface area contributed by atoms with E-state index in [0.717, 1.165) is 10.4 Å². The van der Waals surface area contributed by atoms with Gasteiger partial charge in [-0.25, -0.2) is 0 Å². The molecular formula is C13H17F3N3O2+.